The van der Waals surface area contributed by atoms with Crippen LogP contribution in [-0.2, 0) is 0 Å². The summed E-state index contributed by atoms with van der Waals surface area (Å²) in [4.78, 5) is 0. The summed E-state index contributed by atoms with van der Waals surface area (Å²) >= 11 is 4.45. The van der Waals surface area contributed by atoms with E-state index in [1.54, 1.807) is 0 Å². The van der Waals surface area contributed by atoms with Crippen LogP contribution in [0.2, 0.25) is 0 Å². The Morgan fingerprint density at radius 1 is 1.27 bits per heavy atom. The summed E-state index contributed by atoms with van der Waals surface area (Å²) in [5.41, 5.74) is 2.63. The van der Waals surface area contributed by atoms with Crippen molar-refractivity contribution in [2.24, 2.45) is 0 Å². The van der Waals surface area contributed by atoms with E-state index in [2.05, 4.69) is 50.7 Å². The Morgan fingerprint density at radius 3 is 2.27 bits per heavy atom. The molecule has 0 aromatic heterocycles. The molecule has 1 atom stereocenters. The third-order valence-corrected chi connectivity index (χ3v) is 2.51. The molecular formula is C10H14S. The van der Waals surface area contributed by atoms with Crippen LogP contribution in [0.25, 0.3) is 0 Å². The van der Waals surface area contributed by atoms with Crippen LogP contribution in [0.1, 0.15) is 29.7 Å². The first-order chi connectivity index (χ1) is 5.24. The van der Waals surface area contributed by atoms with Crippen molar-refractivity contribution in [3.05, 3.63) is 35.4 Å². The van der Waals surface area contributed by atoms with Crippen molar-refractivity contribution in [3.63, 3.8) is 0 Å². The molecule has 0 amide bonds. The molecule has 1 heteroatoms. The fraction of sp³-hybridized carbons (Fsp3) is 0.400. The molecule has 11 heavy (non-hydrogen) atoms. The quantitative estimate of drug-likeness (QED) is 0.640. The maximum atomic E-state index is 4.45. The highest BCUT2D eigenvalue weighted by Gasteiger charge is 2.01. The Kier molecular flexibility index (Phi) is 3.01. The predicted octanol–water partition coefficient (Wildman–Crippen LogP) is 3.38. The lowest BCUT2D eigenvalue weighted by molar-refractivity contribution is 0.902. The first-order valence-corrected chi connectivity index (χ1v) is 4.50. The lowest BCUT2D eigenvalue weighted by Crippen LogP contribution is -1.87. The zero-order chi connectivity index (χ0) is 8.27. The van der Waals surface area contributed by atoms with Crippen molar-refractivity contribution in [1.29, 1.82) is 0 Å². The normalized spacial score (nSPS) is 13.0. The van der Waals surface area contributed by atoms with E-state index in [9.17, 15) is 0 Å². The van der Waals surface area contributed by atoms with E-state index in [0.29, 0.717) is 5.25 Å². The molecule has 0 saturated heterocycles. The smallest absolute Gasteiger partial charge is 0.0264 e. The topological polar surface area (TPSA) is 0 Å². The van der Waals surface area contributed by atoms with E-state index in [-0.39, 0.29) is 0 Å². The molecule has 0 heterocycles. The van der Waals surface area contributed by atoms with Gasteiger partial charge in [-0.2, -0.15) is 12.6 Å². The maximum absolute atomic E-state index is 4.45. The summed E-state index contributed by atoms with van der Waals surface area (Å²) in [5, 5.41) is 0.399. The summed E-state index contributed by atoms with van der Waals surface area (Å²) in [6.07, 6.45) is 1.09. The number of rotatable bonds is 2. The van der Waals surface area contributed by atoms with Crippen molar-refractivity contribution in [2.75, 3.05) is 0 Å². The number of hydrogen-bond donors (Lipinski definition) is 1. The lowest BCUT2D eigenvalue weighted by Gasteiger charge is -2.07. The van der Waals surface area contributed by atoms with E-state index in [4.69, 9.17) is 0 Å². The number of benzene rings is 1. The predicted molar refractivity (Wildman–Crippen MR) is 53.2 cm³/mol. The molecule has 1 rings (SSSR count). The van der Waals surface area contributed by atoms with Crippen LogP contribution in [0, 0.1) is 6.92 Å². The molecule has 0 aliphatic carbocycles. The zero-order valence-electron chi connectivity index (χ0n) is 7.04. The van der Waals surface area contributed by atoms with Gasteiger partial charge in [-0.25, -0.2) is 0 Å². The molecule has 60 valence electrons. The van der Waals surface area contributed by atoms with E-state index in [1.165, 1.54) is 11.1 Å². The van der Waals surface area contributed by atoms with Gasteiger partial charge in [0, 0.05) is 5.25 Å². The second kappa shape index (κ2) is 3.82. The summed E-state index contributed by atoms with van der Waals surface area (Å²) in [6, 6.07) is 8.56. The second-order valence-electron chi connectivity index (χ2n) is 2.83. The van der Waals surface area contributed by atoms with E-state index < -0.39 is 0 Å². The monoisotopic (exact) mass is 166 g/mol. The third-order valence-electron chi connectivity index (χ3n) is 1.85. The molecule has 0 radical (unpaired) electrons. The van der Waals surface area contributed by atoms with Gasteiger partial charge in [0.15, 0.2) is 0 Å². The van der Waals surface area contributed by atoms with Crippen LogP contribution in [-0.4, -0.2) is 0 Å². The standard InChI is InChI=1S/C10H14S/c1-3-10(11)9-6-4-8(2)5-7-9/h4-7,10-11H,3H2,1-2H3. The molecule has 0 aliphatic rings. The zero-order valence-corrected chi connectivity index (χ0v) is 7.94. The molecule has 0 nitrogen and oxygen atoms in total. The van der Waals surface area contributed by atoms with Gasteiger partial charge in [0.25, 0.3) is 0 Å². The number of thiol groups is 1. The molecule has 1 unspecified atom stereocenters. The fourth-order valence-corrected chi connectivity index (χ4v) is 1.20. The first-order valence-electron chi connectivity index (χ1n) is 3.98. The Hall–Kier alpha value is -0.430. The van der Waals surface area contributed by atoms with Crippen LogP contribution in [0.15, 0.2) is 24.3 Å². The lowest BCUT2D eigenvalue weighted by atomic mass is 10.1. The van der Waals surface area contributed by atoms with Gasteiger partial charge in [0.05, 0.1) is 0 Å². The minimum atomic E-state index is 0.399. The average molecular weight is 166 g/mol. The Labute approximate surface area is 74.0 Å². The van der Waals surface area contributed by atoms with Gasteiger partial charge in [0.2, 0.25) is 0 Å². The van der Waals surface area contributed by atoms with Gasteiger partial charge in [-0.15, -0.1) is 0 Å². The highest BCUT2D eigenvalue weighted by molar-refractivity contribution is 7.80. The van der Waals surface area contributed by atoms with Crippen LogP contribution < -0.4 is 0 Å². The van der Waals surface area contributed by atoms with Gasteiger partial charge >= 0.3 is 0 Å². The van der Waals surface area contributed by atoms with Crippen molar-refractivity contribution < 1.29 is 0 Å². The molecule has 1 aromatic carbocycles. The molecule has 0 fully saturated rings. The highest BCUT2D eigenvalue weighted by atomic mass is 32.1. The average Bonchev–Trinajstić information content (AvgIpc) is 2.05. The van der Waals surface area contributed by atoms with Crippen molar-refractivity contribution in [1.82, 2.24) is 0 Å². The van der Waals surface area contributed by atoms with E-state index >= 15 is 0 Å². The van der Waals surface area contributed by atoms with Gasteiger partial charge in [-0.3, -0.25) is 0 Å². The Balaban J connectivity index is 2.81. The summed E-state index contributed by atoms with van der Waals surface area (Å²) in [5.74, 6) is 0. The molecule has 1 aromatic rings. The van der Waals surface area contributed by atoms with Crippen molar-refractivity contribution in [3.8, 4) is 0 Å². The number of hydrogen-bond acceptors (Lipinski definition) is 1. The second-order valence-corrected chi connectivity index (χ2v) is 3.46. The number of aryl methyl sites for hydroxylation is 1. The molecule has 0 aliphatic heterocycles. The van der Waals surface area contributed by atoms with Gasteiger partial charge in [-0.1, -0.05) is 36.8 Å². The fourth-order valence-electron chi connectivity index (χ4n) is 1.02. The van der Waals surface area contributed by atoms with Crippen LogP contribution in [0.5, 0.6) is 0 Å². The Bertz CT molecular complexity index is 213. The van der Waals surface area contributed by atoms with Crippen molar-refractivity contribution >= 4 is 12.6 Å². The largest absolute Gasteiger partial charge is 0.171 e. The Morgan fingerprint density at radius 2 is 1.82 bits per heavy atom. The summed E-state index contributed by atoms with van der Waals surface area (Å²) in [6.45, 7) is 4.25. The summed E-state index contributed by atoms with van der Waals surface area (Å²) in [7, 11) is 0. The van der Waals surface area contributed by atoms with Crippen LogP contribution in [0.4, 0.5) is 0 Å². The third kappa shape index (κ3) is 2.26. The van der Waals surface area contributed by atoms with Crippen LogP contribution >= 0.6 is 12.6 Å². The maximum Gasteiger partial charge on any atom is 0.0264 e. The van der Waals surface area contributed by atoms with E-state index in [0.717, 1.165) is 6.42 Å². The minimum Gasteiger partial charge on any atom is -0.171 e. The minimum absolute atomic E-state index is 0.399. The van der Waals surface area contributed by atoms with Gasteiger partial charge in [0.1, 0.15) is 0 Å². The van der Waals surface area contributed by atoms with Crippen molar-refractivity contribution in [2.45, 2.75) is 25.5 Å². The summed E-state index contributed by atoms with van der Waals surface area (Å²) < 4.78 is 0. The molecule has 0 saturated carbocycles. The molecule has 0 spiro atoms. The molecule has 0 bridgehead atoms. The van der Waals surface area contributed by atoms with Crippen LogP contribution in [0.3, 0.4) is 0 Å². The SMILES string of the molecule is CCC(S)c1ccc(C)cc1. The van der Waals surface area contributed by atoms with Gasteiger partial charge in [-0.05, 0) is 18.9 Å². The molecular weight excluding hydrogens is 152 g/mol. The highest BCUT2D eigenvalue weighted by Crippen LogP contribution is 2.22. The molecule has 0 N–H and O–H groups in total. The first kappa shape index (κ1) is 8.66. The van der Waals surface area contributed by atoms with Gasteiger partial charge < -0.3 is 0 Å². The van der Waals surface area contributed by atoms with E-state index in [1.807, 2.05) is 0 Å².